The van der Waals surface area contributed by atoms with Crippen LogP contribution >= 0.6 is 0 Å². The molecule has 2 rings (SSSR count). The SMILES string of the molecule is CC(C)Cc1ccc([C@@H](C)N[C@H](C)C(=O)Nc2ccccc2C#N)cc1. The van der Waals surface area contributed by atoms with Gasteiger partial charge in [-0.15, -0.1) is 0 Å². The Bertz CT molecular complexity index is 775. The van der Waals surface area contributed by atoms with Gasteiger partial charge < -0.3 is 5.32 Å². The summed E-state index contributed by atoms with van der Waals surface area (Å²) in [5.74, 6) is 0.479. The van der Waals surface area contributed by atoms with Crippen LogP contribution in [-0.2, 0) is 11.2 Å². The van der Waals surface area contributed by atoms with E-state index in [1.54, 1.807) is 24.3 Å². The Morgan fingerprint density at radius 3 is 2.31 bits per heavy atom. The molecule has 0 aliphatic heterocycles. The molecular weight excluding hydrogens is 322 g/mol. The van der Waals surface area contributed by atoms with Crippen LogP contribution in [0, 0.1) is 17.2 Å². The molecule has 0 saturated carbocycles. The Kier molecular flexibility index (Phi) is 6.94. The van der Waals surface area contributed by atoms with Crippen molar-refractivity contribution in [1.29, 1.82) is 5.26 Å². The number of nitrogens with one attached hydrogen (secondary N) is 2. The second-order valence-electron chi connectivity index (χ2n) is 7.10. The maximum absolute atomic E-state index is 12.4. The fourth-order valence-corrected chi connectivity index (χ4v) is 2.89. The fraction of sp³-hybridized carbons (Fsp3) is 0.364. The number of nitrogens with zero attached hydrogens (tertiary/aromatic N) is 1. The van der Waals surface area contributed by atoms with Crippen LogP contribution in [0.3, 0.4) is 0 Å². The Labute approximate surface area is 156 Å². The molecule has 136 valence electrons. The Balaban J connectivity index is 1.96. The molecule has 0 aliphatic carbocycles. The summed E-state index contributed by atoms with van der Waals surface area (Å²) in [6, 6.07) is 17.3. The summed E-state index contributed by atoms with van der Waals surface area (Å²) in [6.07, 6.45) is 1.07. The molecule has 0 aliphatic rings. The third-order valence-corrected chi connectivity index (χ3v) is 4.32. The second-order valence-corrected chi connectivity index (χ2v) is 7.10. The molecule has 2 aromatic carbocycles. The first-order valence-electron chi connectivity index (χ1n) is 9.05. The Hall–Kier alpha value is -2.64. The van der Waals surface area contributed by atoms with Gasteiger partial charge in [-0.25, -0.2) is 0 Å². The lowest BCUT2D eigenvalue weighted by Crippen LogP contribution is -2.39. The first-order chi connectivity index (χ1) is 12.4. The molecule has 0 saturated heterocycles. The van der Waals surface area contributed by atoms with E-state index in [4.69, 9.17) is 5.26 Å². The molecule has 26 heavy (non-hydrogen) atoms. The number of nitriles is 1. The zero-order valence-corrected chi connectivity index (χ0v) is 15.9. The van der Waals surface area contributed by atoms with Gasteiger partial charge in [-0.3, -0.25) is 10.1 Å². The lowest BCUT2D eigenvalue weighted by Gasteiger charge is -2.20. The standard InChI is InChI=1S/C22H27N3O/c1-15(2)13-18-9-11-19(12-10-18)16(3)24-17(4)22(26)25-21-8-6-5-7-20(21)14-23/h5-12,15-17,24H,13H2,1-4H3,(H,25,26)/t16-,17-/m1/s1. The second kappa shape index (κ2) is 9.17. The van der Waals surface area contributed by atoms with Crippen molar-refractivity contribution >= 4 is 11.6 Å². The van der Waals surface area contributed by atoms with Crippen LogP contribution in [-0.4, -0.2) is 11.9 Å². The van der Waals surface area contributed by atoms with Crippen LogP contribution in [0.25, 0.3) is 0 Å². The third kappa shape index (κ3) is 5.44. The zero-order chi connectivity index (χ0) is 19.1. The van der Waals surface area contributed by atoms with Gasteiger partial charge in [-0.2, -0.15) is 5.26 Å². The molecule has 0 aromatic heterocycles. The van der Waals surface area contributed by atoms with Gasteiger partial charge in [0.05, 0.1) is 17.3 Å². The van der Waals surface area contributed by atoms with E-state index in [1.807, 2.05) is 13.8 Å². The number of hydrogen-bond donors (Lipinski definition) is 2. The summed E-state index contributed by atoms with van der Waals surface area (Å²) in [7, 11) is 0. The van der Waals surface area contributed by atoms with E-state index in [2.05, 4.69) is 54.8 Å². The average molecular weight is 349 g/mol. The van der Waals surface area contributed by atoms with Crippen LogP contribution in [0.4, 0.5) is 5.69 Å². The summed E-state index contributed by atoms with van der Waals surface area (Å²) >= 11 is 0. The van der Waals surface area contributed by atoms with Crippen LogP contribution < -0.4 is 10.6 Å². The van der Waals surface area contributed by atoms with Gasteiger partial charge in [0.2, 0.25) is 5.91 Å². The van der Waals surface area contributed by atoms with Gasteiger partial charge in [0.1, 0.15) is 6.07 Å². The Morgan fingerprint density at radius 1 is 1.04 bits per heavy atom. The fourth-order valence-electron chi connectivity index (χ4n) is 2.89. The van der Waals surface area contributed by atoms with Crippen molar-refractivity contribution in [2.45, 2.75) is 46.2 Å². The summed E-state index contributed by atoms with van der Waals surface area (Å²) in [5.41, 5.74) is 3.48. The largest absolute Gasteiger partial charge is 0.324 e. The maximum Gasteiger partial charge on any atom is 0.241 e. The topological polar surface area (TPSA) is 64.9 Å². The highest BCUT2D eigenvalue weighted by atomic mass is 16.2. The summed E-state index contributed by atoms with van der Waals surface area (Å²) < 4.78 is 0. The van der Waals surface area contributed by atoms with Gasteiger partial charge in [-0.1, -0.05) is 50.2 Å². The van der Waals surface area contributed by atoms with Crippen molar-refractivity contribution in [3.8, 4) is 6.07 Å². The summed E-state index contributed by atoms with van der Waals surface area (Å²) in [5, 5.41) is 15.3. The lowest BCUT2D eigenvalue weighted by atomic mass is 9.99. The summed E-state index contributed by atoms with van der Waals surface area (Å²) in [4.78, 5) is 12.4. The van der Waals surface area contributed by atoms with Crippen molar-refractivity contribution in [2.24, 2.45) is 5.92 Å². The van der Waals surface area contributed by atoms with E-state index in [0.717, 1.165) is 12.0 Å². The predicted octanol–water partition coefficient (Wildman–Crippen LogP) is 4.43. The van der Waals surface area contributed by atoms with E-state index in [9.17, 15) is 4.79 Å². The van der Waals surface area contributed by atoms with Crippen molar-refractivity contribution in [3.63, 3.8) is 0 Å². The number of carbonyl (C=O) groups excluding carboxylic acids is 1. The Morgan fingerprint density at radius 2 is 1.69 bits per heavy atom. The van der Waals surface area contributed by atoms with Crippen molar-refractivity contribution in [2.75, 3.05) is 5.32 Å². The van der Waals surface area contributed by atoms with E-state index < -0.39 is 0 Å². The molecule has 0 radical (unpaired) electrons. The van der Waals surface area contributed by atoms with E-state index >= 15 is 0 Å². The van der Waals surface area contributed by atoms with Gasteiger partial charge in [0.25, 0.3) is 0 Å². The lowest BCUT2D eigenvalue weighted by molar-refractivity contribution is -0.117. The highest BCUT2D eigenvalue weighted by Crippen LogP contribution is 2.17. The van der Waals surface area contributed by atoms with Crippen LogP contribution in [0.1, 0.15) is 50.4 Å². The highest BCUT2D eigenvalue weighted by Gasteiger charge is 2.17. The number of para-hydroxylation sites is 1. The number of benzene rings is 2. The van der Waals surface area contributed by atoms with Crippen LogP contribution in [0.5, 0.6) is 0 Å². The van der Waals surface area contributed by atoms with Crippen LogP contribution in [0.15, 0.2) is 48.5 Å². The first kappa shape index (κ1) is 19.7. The predicted molar refractivity (Wildman–Crippen MR) is 106 cm³/mol. The smallest absolute Gasteiger partial charge is 0.241 e. The highest BCUT2D eigenvalue weighted by molar-refractivity contribution is 5.95. The van der Waals surface area contributed by atoms with Gasteiger partial charge in [0.15, 0.2) is 0 Å². The van der Waals surface area contributed by atoms with E-state index in [-0.39, 0.29) is 18.0 Å². The normalized spacial score (nSPS) is 13.1. The minimum absolute atomic E-state index is 0.0510. The molecule has 2 aromatic rings. The molecule has 0 unspecified atom stereocenters. The molecular formula is C22H27N3O. The monoisotopic (exact) mass is 349 g/mol. The molecule has 4 heteroatoms. The number of anilines is 1. The first-order valence-corrected chi connectivity index (χ1v) is 9.05. The molecule has 0 spiro atoms. The summed E-state index contributed by atoms with van der Waals surface area (Å²) in [6.45, 7) is 8.30. The van der Waals surface area contributed by atoms with Crippen molar-refractivity contribution in [3.05, 3.63) is 65.2 Å². The van der Waals surface area contributed by atoms with E-state index in [0.29, 0.717) is 17.2 Å². The number of carbonyl (C=O) groups is 1. The third-order valence-electron chi connectivity index (χ3n) is 4.32. The van der Waals surface area contributed by atoms with Crippen molar-refractivity contribution < 1.29 is 4.79 Å². The molecule has 0 heterocycles. The van der Waals surface area contributed by atoms with E-state index in [1.165, 1.54) is 5.56 Å². The molecule has 4 nitrogen and oxygen atoms in total. The minimum Gasteiger partial charge on any atom is -0.324 e. The average Bonchev–Trinajstić information content (AvgIpc) is 2.62. The maximum atomic E-state index is 12.4. The molecule has 1 amide bonds. The number of amides is 1. The zero-order valence-electron chi connectivity index (χ0n) is 15.9. The minimum atomic E-state index is -0.382. The number of rotatable bonds is 7. The van der Waals surface area contributed by atoms with Gasteiger partial charge >= 0.3 is 0 Å². The number of hydrogen-bond acceptors (Lipinski definition) is 3. The van der Waals surface area contributed by atoms with Crippen LogP contribution in [0.2, 0.25) is 0 Å². The quantitative estimate of drug-likeness (QED) is 0.777. The molecule has 2 N–H and O–H groups in total. The van der Waals surface area contributed by atoms with Gasteiger partial charge in [-0.05, 0) is 49.4 Å². The van der Waals surface area contributed by atoms with Gasteiger partial charge in [0, 0.05) is 6.04 Å². The molecule has 0 bridgehead atoms. The molecule has 2 atom stereocenters. The molecule has 0 fully saturated rings. The van der Waals surface area contributed by atoms with Crippen molar-refractivity contribution in [1.82, 2.24) is 5.32 Å².